The van der Waals surface area contributed by atoms with Crippen LogP contribution in [0.15, 0.2) is 18.2 Å². The third-order valence-electron chi connectivity index (χ3n) is 3.91. The number of hydrogen-bond donors (Lipinski definition) is 3. The molecule has 0 radical (unpaired) electrons. The number of nitrogens with two attached hydrogens (primary N) is 1. The summed E-state index contributed by atoms with van der Waals surface area (Å²) in [5.41, 5.74) is 6.79. The van der Waals surface area contributed by atoms with Crippen LogP contribution in [0.4, 0.5) is 5.69 Å². The van der Waals surface area contributed by atoms with E-state index in [0.29, 0.717) is 35.2 Å². The molecule has 5 nitrogen and oxygen atoms in total. The molecule has 7 heteroatoms. The first-order chi connectivity index (χ1) is 11.2. The van der Waals surface area contributed by atoms with Crippen molar-refractivity contribution < 1.29 is 9.59 Å². The molecule has 1 aromatic rings. The van der Waals surface area contributed by atoms with Crippen molar-refractivity contribution in [2.24, 2.45) is 17.1 Å². The summed E-state index contributed by atoms with van der Waals surface area (Å²) in [4.78, 5) is 24.3. The molecular formula is C18H27Cl2N3O2. The number of rotatable bonds is 6. The van der Waals surface area contributed by atoms with Gasteiger partial charge >= 0.3 is 0 Å². The highest BCUT2D eigenvalue weighted by Gasteiger charge is 2.28. The fourth-order valence-electron chi connectivity index (χ4n) is 2.46. The van der Waals surface area contributed by atoms with Gasteiger partial charge in [0.05, 0.1) is 10.6 Å². The Balaban J connectivity index is 0.00000312. The third-order valence-corrected chi connectivity index (χ3v) is 4.24. The molecule has 0 saturated heterocycles. The minimum atomic E-state index is -0.275. The Morgan fingerprint density at radius 1 is 1.32 bits per heavy atom. The summed E-state index contributed by atoms with van der Waals surface area (Å²) in [6.07, 6.45) is 2.66. The molecule has 140 valence electrons. The Bertz CT molecular complexity index is 625. The number of benzene rings is 1. The molecule has 25 heavy (non-hydrogen) atoms. The molecule has 2 rings (SSSR count). The topological polar surface area (TPSA) is 84.2 Å². The van der Waals surface area contributed by atoms with Crippen LogP contribution in [0, 0.1) is 11.3 Å². The highest BCUT2D eigenvalue weighted by atomic mass is 35.5. The van der Waals surface area contributed by atoms with Crippen molar-refractivity contribution in [1.29, 1.82) is 0 Å². The highest BCUT2D eigenvalue weighted by Crippen LogP contribution is 2.31. The largest absolute Gasteiger partial charge is 0.350 e. The van der Waals surface area contributed by atoms with Crippen molar-refractivity contribution in [3.8, 4) is 0 Å². The summed E-state index contributed by atoms with van der Waals surface area (Å²) in [5, 5.41) is 5.98. The first-order valence-corrected chi connectivity index (χ1v) is 8.67. The van der Waals surface area contributed by atoms with Crippen LogP contribution in [0.2, 0.25) is 5.02 Å². The third kappa shape index (κ3) is 7.22. The van der Waals surface area contributed by atoms with Crippen molar-refractivity contribution in [2.45, 2.75) is 46.1 Å². The van der Waals surface area contributed by atoms with Gasteiger partial charge in [0.15, 0.2) is 0 Å². The highest BCUT2D eigenvalue weighted by molar-refractivity contribution is 6.34. The van der Waals surface area contributed by atoms with E-state index in [9.17, 15) is 9.59 Å². The van der Waals surface area contributed by atoms with Gasteiger partial charge in [-0.1, -0.05) is 32.4 Å². The van der Waals surface area contributed by atoms with Crippen molar-refractivity contribution >= 4 is 41.5 Å². The summed E-state index contributed by atoms with van der Waals surface area (Å²) < 4.78 is 0. The predicted molar refractivity (Wildman–Crippen MR) is 104 cm³/mol. The second kappa shape index (κ2) is 8.88. The molecule has 0 aromatic heterocycles. The Labute approximate surface area is 160 Å². The summed E-state index contributed by atoms with van der Waals surface area (Å²) in [6, 6.07) is 4.89. The first kappa shape index (κ1) is 21.7. The SMILES string of the molecule is CC(C)(C)CC(=O)Nc1ccc(Cl)c(C(=O)NCC(N)C2CC2)c1.Cl. The molecule has 1 aromatic carbocycles. The quantitative estimate of drug-likeness (QED) is 0.696. The standard InChI is InChI=1S/C18H26ClN3O2.ClH/c1-18(2,3)9-16(23)22-12-6-7-14(19)13(8-12)17(24)21-10-15(20)11-4-5-11;/h6-8,11,15H,4-5,9-10,20H2,1-3H3,(H,21,24)(H,22,23);1H. The van der Waals surface area contributed by atoms with Gasteiger partial charge < -0.3 is 16.4 Å². The van der Waals surface area contributed by atoms with Crippen LogP contribution >= 0.6 is 24.0 Å². The molecule has 1 atom stereocenters. The molecule has 1 aliphatic rings. The minimum Gasteiger partial charge on any atom is -0.350 e. The van der Waals surface area contributed by atoms with Crippen molar-refractivity contribution in [3.63, 3.8) is 0 Å². The van der Waals surface area contributed by atoms with Gasteiger partial charge in [0.25, 0.3) is 5.91 Å². The maximum Gasteiger partial charge on any atom is 0.252 e. The molecule has 0 spiro atoms. The Kier molecular flexibility index (Phi) is 7.72. The number of nitrogens with one attached hydrogen (secondary N) is 2. The molecular weight excluding hydrogens is 361 g/mol. The van der Waals surface area contributed by atoms with Gasteiger partial charge in [-0.3, -0.25) is 9.59 Å². The molecule has 0 bridgehead atoms. The van der Waals surface area contributed by atoms with E-state index < -0.39 is 0 Å². The molecule has 4 N–H and O–H groups in total. The van der Waals surface area contributed by atoms with Crippen molar-refractivity contribution in [1.82, 2.24) is 5.32 Å². The van der Waals surface area contributed by atoms with E-state index in [4.69, 9.17) is 17.3 Å². The zero-order valence-electron chi connectivity index (χ0n) is 14.9. The lowest BCUT2D eigenvalue weighted by atomic mass is 9.92. The number of amides is 2. The molecule has 0 heterocycles. The van der Waals surface area contributed by atoms with E-state index >= 15 is 0 Å². The maximum absolute atomic E-state index is 12.3. The lowest BCUT2D eigenvalue weighted by Crippen LogP contribution is -2.38. The number of carbonyl (C=O) groups excluding carboxylic acids is 2. The van der Waals surface area contributed by atoms with Crippen LogP contribution in [0.5, 0.6) is 0 Å². The molecule has 1 fully saturated rings. The van der Waals surface area contributed by atoms with Crippen LogP contribution in [-0.4, -0.2) is 24.4 Å². The maximum atomic E-state index is 12.3. The van der Waals surface area contributed by atoms with Crippen LogP contribution in [0.1, 0.15) is 50.4 Å². The molecule has 1 unspecified atom stereocenters. The smallest absolute Gasteiger partial charge is 0.252 e. The number of anilines is 1. The molecule has 2 amide bonds. The van der Waals surface area contributed by atoms with Gasteiger partial charge in [-0.2, -0.15) is 0 Å². The lowest BCUT2D eigenvalue weighted by molar-refractivity contribution is -0.117. The molecule has 1 aliphatic carbocycles. The fourth-order valence-corrected chi connectivity index (χ4v) is 2.66. The van der Waals surface area contributed by atoms with Gasteiger partial charge in [0.1, 0.15) is 0 Å². The van der Waals surface area contributed by atoms with Gasteiger partial charge in [-0.25, -0.2) is 0 Å². The van der Waals surface area contributed by atoms with E-state index in [1.165, 1.54) is 0 Å². The normalized spacial score (nSPS) is 15.1. The van der Waals surface area contributed by atoms with Gasteiger partial charge in [0.2, 0.25) is 5.91 Å². The lowest BCUT2D eigenvalue weighted by Gasteiger charge is -2.17. The van der Waals surface area contributed by atoms with E-state index in [0.717, 1.165) is 12.8 Å². The van der Waals surface area contributed by atoms with E-state index in [1.807, 2.05) is 20.8 Å². The van der Waals surface area contributed by atoms with Gasteiger partial charge in [-0.05, 0) is 42.4 Å². The van der Waals surface area contributed by atoms with Crippen molar-refractivity contribution in [2.75, 3.05) is 11.9 Å². The first-order valence-electron chi connectivity index (χ1n) is 8.29. The van der Waals surface area contributed by atoms with Crippen LogP contribution in [-0.2, 0) is 4.79 Å². The van der Waals surface area contributed by atoms with Crippen LogP contribution < -0.4 is 16.4 Å². The number of halogens is 2. The summed E-state index contributed by atoms with van der Waals surface area (Å²) in [5.74, 6) is 0.152. The van der Waals surface area contributed by atoms with E-state index in [1.54, 1.807) is 18.2 Å². The van der Waals surface area contributed by atoms with Gasteiger partial charge in [-0.15, -0.1) is 12.4 Å². The van der Waals surface area contributed by atoms with E-state index in [-0.39, 0.29) is 35.7 Å². The Morgan fingerprint density at radius 3 is 2.52 bits per heavy atom. The second-order valence-corrected chi connectivity index (χ2v) is 8.10. The Hall–Kier alpha value is -1.30. The fraction of sp³-hybridized carbons (Fsp3) is 0.556. The van der Waals surface area contributed by atoms with Crippen LogP contribution in [0.25, 0.3) is 0 Å². The van der Waals surface area contributed by atoms with E-state index in [2.05, 4.69) is 10.6 Å². The number of hydrogen-bond acceptors (Lipinski definition) is 3. The number of carbonyl (C=O) groups is 2. The average molecular weight is 388 g/mol. The second-order valence-electron chi connectivity index (χ2n) is 7.69. The summed E-state index contributed by atoms with van der Waals surface area (Å²) in [6.45, 7) is 6.42. The predicted octanol–water partition coefficient (Wildman–Crippen LogP) is 3.60. The molecule has 1 saturated carbocycles. The van der Waals surface area contributed by atoms with Crippen molar-refractivity contribution in [3.05, 3.63) is 28.8 Å². The Morgan fingerprint density at radius 2 is 1.96 bits per heavy atom. The minimum absolute atomic E-state index is 0. The monoisotopic (exact) mass is 387 g/mol. The molecule has 0 aliphatic heterocycles. The average Bonchev–Trinajstić information content (AvgIpc) is 3.29. The summed E-state index contributed by atoms with van der Waals surface area (Å²) in [7, 11) is 0. The van der Waals surface area contributed by atoms with Gasteiger partial charge in [0, 0.05) is 24.7 Å². The van der Waals surface area contributed by atoms with Crippen LogP contribution in [0.3, 0.4) is 0 Å². The zero-order valence-corrected chi connectivity index (χ0v) is 16.5. The summed E-state index contributed by atoms with van der Waals surface area (Å²) >= 11 is 6.12. The zero-order chi connectivity index (χ0) is 17.9.